The number of carbonyl (C=O) groups excluding carboxylic acids is 1. The maximum atomic E-state index is 12.4. The van der Waals surface area contributed by atoms with Gasteiger partial charge in [0.15, 0.2) is 5.78 Å². The van der Waals surface area contributed by atoms with Crippen molar-refractivity contribution in [1.82, 2.24) is 4.57 Å². The van der Waals surface area contributed by atoms with Crippen molar-refractivity contribution in [3.8, 4) is 0 Å². The number of carbonyl (C=O) groups is 1. The summed E-state index contributed by atoms with van der Waals surface area (Å²) in [6.45, 7) is 4.16. The van der Waals surface area contributed by atoms with Crippen LogP contribution in [0.25, 0.3) is 10.9 Å². The minimum Gasteiger partial charge on any atom is -0.350 e. The van der Waals surface area contributed by atoms with Crippen molar-refractivity contribution in [2.45, 2.75) is 26.7 Å². The maximum absolute atomic E-state index is 12.4. The molecule has 1 aromatic heterocycles. The molecule has 1 heterocycles. The summed E-state index contributed by atoms with van der Waals surface area (Å²) >= 11 is 0. The van der Waals surface area contributed by atoms with Crippen LogP contribution in [0.3, 0.4) is 0 Å². The predicted octanol–water partition coefficient (Wildman–Crippen LogP) is 3.80. The van der Waals surface area contributed by atoms with Crippen molar-refractivity contribution in [1.29, 1.82) is 0 Å². The lowest BCUT2D eigenvalue weighted by Crippen LogP contribution is -2.12. The first-order chi connectivity index (χ1) is 8.19. The highest BCUT2D eigenvalue weighted by atomic mass is 16.1. The standard InChI is InChI=1S/C15H19NO/c1-4-11(5-2)15(17)13-10-16(3)14-9-7-6-8-12(13)14/h6-11H,4-5H2,1-3H3. The summed E-state index contributed by atoms with van der Waals surface area (Å²) < 4.78 is 2.03. The van der Waals surface area contributed by atoms with E-state index >= 15 is 0 Å². The fourth-order valence-electron chi connectivity index (χ4n) is 2.42. The largest absolute Gasteiger partial charge is 0.350 e. The third kappa shape index (κ3) is 1.99. The van der Waals surface area contributed by atoms with Gasteiger partial charge in [0.25, 0.3) is 0 Å². The Hall–Kier alpha value is -1.57. The van der Waals surface area contributed by atoms with Gasteiger partial charge in [-0.05, 0) is 18.9 Å². The van der Waals surface area contributed by atoms with Gasteiger partial charge < -0.3 is 4.57 Å². The average molecular weight is 229 g/mol. The Labute approximate surface area is 102 Å². The molecule has 0 spiro atoms. The van der Waals surface area contributed by atoms with Gasteiger partial charge in [0.2, 0.25) is 0 Å². The van der Waals surface area contributed by atoms with Crippen LogP contribution in [-0.2, 0) is 7.05 Å². The summed E-state index contributed by atoms with van der Waals surface area (Å²) in [4.78, 5) is 12.4. The van der Waals surface area contributed by atoms with Crippen LogP contribution in [-0.4, -0.2) is 10.4 Å². The fraction of sp³-hybridized carbons (Fsp3) is 0.400. The molecule has 2 rings (SSSR count). The quantitative estimate of drug-likeness (QED) is 0.731. The number of hydrogen-bond acceptors (Lipinski definition) is 1. The summed E-state index contributed by atoms with van der Waals surface area (Å²) in [6.07, 6.45) is 3.79. The van der Waals surface area contributed by atoms with E-state index in [1.807, 2.05) is 36.0 Å². The number of para-hydroxylation sites is 1. The molecule has 0 fully saturated rings. The smallest absolute Gasteiger partial charge is 0.168 e. The zero-order valence-electron chi connectivity index (χ0n) is 10.7. The number of ketones is 1. The molecule has 1 aromatic carbocycles. The third-order valence-electron chi connectivity index (χ3n) is 3.52. The van der Waals surface area contributed by atoms with Crippen LogP contribution in [0, 0.1) is 5.92 Å². The monoisotopic (exact) mass is 229 g/mol. The van der Waals surface area contributed by atoms with Crippen LogP contribution in [0.4, 0.5) is 0 Å². The molecule has 0 bridgehead atoms. The summed E-state index contributed by atoms with van der Waals surface area (Å²) in [6, 6.07) is 8.09. The van der Waals surface area contributed by atoms with Crippen LogP contribution < -0.4 is 0 Å². The number of hydrogen-bond donors (Lipinski definition) is 0. The van der Waals surface area contributed by atoms with E-state index in [4.69, 9.17) is 0 Å². The van der Waals surface area contributed by atoms with Crippen molar-refractivity contribution in [3.05, 3.63) is 36.0 Å². The molecule has 2 heteroatoms. The van der Waals surface area contributed by atoms with Gasteiger partial charge in [-0.1, -0.05) is 32.0 Å². The van der Waals surface area contributed by atoms with E-state index in [9.17, 15) is 4.79 Å². The first-order valence-corrected chi connectivity index (χ1v) is 6.27. The Bertz CT molecular complexity index is 535. The Morgan fingerprint density at radius 2 is 1.88 bits per heavy atom. The van der Waals surface area contributed by atoms with E-state index in [1.54, 1.807) is 0 Å². The SMILES string of the molecule is CCC(CC)C(=O)c1cn(C)c2ccccc12. The first-order valence-electron chi connectivity index (χ1n) is 6.27. The number of Topliss-reactive ketones (excluding diaryl/α,β-unsaturated/α-hetero) is 1. The number of nitrogens with zero attached hydrogens (tertiary/aromatic N) is 1. The molecular formula is C15H19NO. The van der Waals surface area contributed by atoms with E-state index < -0.39 is 0 Å². The molecule has 0 unspecified atom stereocenters. The average Bonchev–Trinajstić information content (AvgIpc) is 2.69. The van der Waals surface area contributed by atoms with Gasteiger partial charge in [0.05, 0.1) is 0 Å². The highest BCUT2D eigenvalue weighted by Gasteiger charge is 2.20. The van der Waals surface area contributed by atoms with Crippen molar-refractivity contribution < 1.29 is 4.79 Å². The lowest BCUT2D eigenvalue weighted by molar-refractivity contribution is 0.0915. The molecule has 90 valence electrons. The molecule has 0 N–H and O–H groups in total. The molecule has 0 atom stereocenters. The molecule has 2 aromatic rings. The molecule has 2 nitrogen and oxygen atoms in total. The summed E-state index contributed by atoms with van der Waals surface area (Å²) in [5, 5.41) is 1.08. The van der Waals surface area contributed by atoms with Gasteiger partial charge in [-0.3, -0.25) is 4.79 Å². The molecule has 0 aliphatic heterocycles. The van der Waals surface area contributed by atoms with Crippen LogP contribution in [0.2, 0.25) is 0 Å². The zero-order chi connectivity index (χ0) is 12.4. The van der Waals surface area contributed by atoms with Gasteiger partial charge in [-0.2, -0.15) is 0 Å². The van der Waals surface area contributed by atoms with Crippen LogP contribution in [0.5, 0.6) is 0 Å². The molecule has 0 radical (unpaired) electrons. The minimum absolute atomic E-state index is 0.154. The van der Waals surface area contributed by atoms with Gasteiger partial charge in [-0.25, -0.2) is 0 Å². The minimum atomic E-state index is 0.154. The van der Waals surface area contributed by atoms with E-state index in [2.05, 4.69) is 19.9 Å². The Kier molecular flexibility index (Phi) is 3.32. The van der Waals surface area contributed by atoms with Crippen LogP contribution in [0.15, 0.2) is 30.5 Å². The van der Waals surface area contributed by atoms with Crippen LogP contribution in [0.1, 0.15) is 37.0 Å². The van der Waals surface area contributed by atoms with E-state index in [1.165, 1.54) is 0 Å². The van der Waals surface area contributed by atoms with Gasteiger partial charge in [-0.15, -0.1) is 0 Å². The van der Waals surface area contributed by atoms with Crippen molar-refractivity contribution in [2.24, 2.45) is 13.0 Å². The molecule has 0 saturated heterocycles. The third-order valence-corrected chi connectivity index (χ3v) is 3.52. The van der Waals surface area contributed by atoms with Crippen molar-refractivity contribution >= 4 is 16.7 Å². The Morgan fingerprint density at radius 3 is 2.53 bits per heavy atom. The Morgan fingerprint density at radius 1 is 1.24 bits per heavy atom. The topological polar surface area (TPSA) is 22.0 Å². The van der Waals surface area contributed by atoms with Crippen molar-refractivity contribution in [3.63, 3.8) is 0 Å². The lowest BCUT2D eigenvalue weighted by Gasteiger charge is -2.09. The number of aryl methyl sites for hydroxylation is 1. The molecule has 0 aliphatic rings. The van der Waals surface area contributed by atoms with Gasteiger partial charge in [0.1, 0.15) is 0 Å². The molecule has 0 aliphatic carbocycles. The summed E-state index contributed by atoms with van der Waals surface area (Å²) in [5.41, 5.74) is 2.00. The summed E-state index contributed by atoms with van der Waals surface area (Å²) in [7, 11) is 1.99. The van der Waals surface area contributed by atoms with Crippen LogP contribution >= 0.6 is 0 Å². The lowest BCUT2D eigenvalue weighted by atomic mass is 9.93. The van der Waals surface area contributed by atoms with E-state index in [0.29, 0.717) is 0 Å². The number of rotatable bonds is 4. The van der Waals surface area contributed by atoms with E-state index in [0.717, 1.165) is 29.3 Å². The fourth-order valence-corrected chi connectivity index (χ4v) is 2.42. The van der Waals surface area contributed by atoms with Crippen molar-refractivity contribution in [2.75, 3.05) is 0 Å². The molecule has 0 amide bonds. The first kappa shape index (κ1) is 11.9. The van der Waals surface area contributed by atoms with Gasteiger partial charge in [0, 0.05) is 35.6 Å². The Balaban J connectivity index is 2.52. The second kappa shape index (κ2) is 4.74. The predicted molar refractivity (Wildman–Crippen MR) is 71.3 cm³/mol. The number of aromatic nitrogens is 1. The summed E-state index contributed by atoms with van der Waals surface area (Å²) in [5.74, 6) is 0.438. The molecular weight excluding hydrogens is 210 g/mol. The van der Waals surface area contributed by atoms with E-state index in [-0.39, 0.29) is 11.7 Å². The maximum Gasteiger partial charge on any atom is 0.168 e. The molecule has 0 saturated carbocycles. The highest BCUT2D eigenvalue weighted by Crippen LogP contribution is 2.24. The number of fused-ring (bicyclic) bond motifs is 1. The number of benzene rings is 1. The highest BCUT2D eigenvalue weighted by molar-refractivity contribution is 6.09. The normalized spacial score (nSPS) is 11.3. The second-order valence-electron chi connectivity index (χ2n) is 4.55. The zero-order valence-corrected chi connectivity index (χ0v) is 10.7. The molecule has 17 heavy (non-hydrogen) atoms. The van der Waals surface area contributed by atoms with Gasteiger partial charge >= 0.3 is 0 Å². The second-order valence-corrected chi connectivity index (χ2v) is 4.55.